The van der Waals surface area contributed by atoms with Crippen molar-refractivity contribution in [2.24, 2.45) is 5.92 Å². The largest absolute Gasteiger partial charge is 0.368 e. The second kappa shape index (κ2) is 10.9. The van der Waals surface area contributed by atoms with Gasteiger partial charge in [-0.1, -0.05) is 0 Å². The zero-order chi connectivity index (χ0) is 24.2. The summed E-state index contributed by atoms with van der Waals surface area (Å²) in [7, 11) is 2.16. The van der Waals surface area contributed by atoms with Crippen molar-refractivity contribution in [1.29, 1.82) is 0 Å². The number of nitrogens with zero attached hydrogens (tertiary/aromatic N) is 6. The number of carbonyl (C=O) groups excluding carboxylic acids is 1. The Hall–Kier alpha value is -2.72. The average Bonchev–Trinajstić information content (AvgIpc) is 3.29. The number of rotatable bonds is 6. The molecule has 2 N–H and O–H groups in total. The summed E-state index contributed by atoms with van der Waals surface area (Å²) in [5, 5.41) is 10.6. The maximum Gasteiger partial charge on any atom is 0.251 e. The Kier molecular flexibility index (Phi) is 7.48. The second-order valence-electron chi connectivity index (χ2n) is 10.2. The summed E-state index contributed by atoms with van der Waals surface area (Å²) < 4.78 is 5.72. The maximum atomic E-state index is 12.8. The van der Waals surface area contributed by atoms with Crippen LogP contribution in [-0.4, -0.2) is 94.9 Å². The van der Waals surface area contributed by atoms with E-state index in [2.05, 4.69) is 32.4 Å². The van der Waals surface area contributed by atoms with Gasteiger partial charge in [-0.15, -0.1) is 0 Å². The number of aromatic amines is 1. The first-order chi connectivity index (χ1) is 17.0. The van der Waals surface area contributed by atoms with Crippen LogP contribution in [0.5, 0.6) is 0 Å². The van der Waals surface area contributed by atoms with Crippen LogP contribution < -0.4 is 10.2 Å². The molecule has 35 heavy (non-hydrogen) atoms. The summed E-state index contributed by atoms with van der Waals surface area (Å²) in [5.74, 6) is 4.01. The zero-order valence-corrected chi connectivity index (χ0v) is 21.0. The average molecular weight is 483 g/mol. The van der Waals surface area contributed by atoms with E-state index in [0.29, 0.717) is 12.5 Å². The number of ether oxygens (including phenoxy) is 1. The molecule has 0 aromatic carbocycles. The number of hydrogen-bond acceptors (Lipinski definition) is 8. The Labute approximate surface area is 207 Å². The van der Waals surface area contributed by atoms with Gasteiger partial charge in [-0.25, -0.2) is 9.97 Å². The molecule has 190 valence electrons. The Morgan fingerprint density at radius 2 is 1.86 bits per heavy atom. The second-order valence-corrected chi connectivity index (χ2v) is 10.2. The van der Waals surface area contributed by atoms with Crippen LogP contribution in [-0.2, 0) is 16.0 Å². The van der Waals surface area contributed by atoms with E-state index < -0.39 is 0 Å². The third-order valence-electron chi connectivity index (χ3n) is 7.40. The molecule has 3 saturated heterocycles. The number of aromatic nitrogens is 4. The number of piperazine rings is 1. The van der Waals surface area contributed by atoms with Crippen LogP contribution in [0.15, 0.2) is 12.1 Å². The predicted molar refractivity (Wildman–Crippen MR) is 135 cm³/mol. The first-order valence-electron chi connectivity index (χ1n) is 13.0. The number of likely N-dealkylation sites (N-methyl/N-ethyl adjacent to an activating group) is 1. The molecular formula is C25H38N8O2. The van der Waals surface area contributed by atoms with Gasteiger partial charge in [-0.3, -0.25) is 9.89 Å². The Balaban J connectivity index is 1.25. The van der Waals surface area contributed by atoms with Crippen LogP contribution in [0.25, 0.3) is 0 Å². The molecule has 2 aromatic heterocycles. The minimum Gasteiger partial charge on any atom is -0.368 e. The highest BCUT2D eigenvalue weighted by Crippen LogP contribution is 2.26. The number of likely N-dealkylation sites (tertiary alicyclic amines) is 1. The molecule has 0 radical (unpaired) electrons. The fourth-order valence-corrected chi connectivity index (χ4v) is 5.20. The lowest BCUT2D eigenvalue weighted by molar-refractivity contribution is -0.147. The molecule has 1 unspecified atom stereocenters. The van der Waals surface area contributed by atoms with E-state index in [4.69, 9.17) is 14.7 Å². The van der Waals surface area contributed by atoms with E-state index in [1.165, 1.54) is 0 Å². The van der Waals surface area contributed by atoms with E-state index in [9.17, 15) is 4.79 Å². The summed E-state index contributed by atoms with van der Waals surface area (Å²) in [5.41, 5.74) is 1.00. The van der Waals surface area contributed by atoms with Crippen LogP contribution in [0.3, 0.4) is 0 Å². The summed E-state index contributed by atoms with van der Waals surface area (Å²) in [6, 6.07) is 4.00. The molecule has 10 nitrogen and oxygen atoms in total. The molecule has 5 rings (SSSR count). The topological polar surface area (TPSA) is 103 Å². The molecule has 2 aromatic rings. The molecular weight excluding hydrogens is 444 g/mol. The van der Waals surface area contributed by atoms with Crippen molar-refractivity contribution in [3.63, 3.8) is 0 Å². The smallest absolute Gasteiger partial charge is 0.251 e. The lowest BCUT2D eigenvalue weighted by Gasteiger charge is -2.35. The molecule has 3 aliphatic heterocycles. The van der Waals surface area contributed by atoms with Gasteiger partial charge in [0.25, 0.3) is 5.91 Å². The Bertz CT molecular complexity index is 989. The van der Waals surface area contributed by atoms with E-state index >= 15 is 0 Å². The third-order valence-corrected chi connectivity index (χ3v) is 7.40. The minimum atomic E-state index is -0.233. The van der Waals surface area contributed by atoms with Gasteiger partial charge in [-0.2, -0.15) is 5.10 Å². The van der Waals surface area contributed by atoms with Crippen molar-refractivity contribution in [1.82, 2.24) is 30.0 Å². The molecule has 0 bridgehead atoms. The molecule has 5 heterocycles. The van der Waals surface area contributed by atoms with Crippen LogP contribution in [0.4, 0.5) is 17.5 Å². The van der Waals surface area contributed by atoms with Gasteiger partial charge < -0.3 is 24.8 Å². The lowest BCUT2D eigenvalue weighted by atomic mass is 9.92. The van der Waals surface area contributed by atoms with Crippen molar-refractivity contribution in [3.05, 3.63) is 23.7 Å². The number of piperidine rings is 1. The van der Waals surface area contributed by atoms with Crippen molar-refractivity contribution < 1.29 is 9.53 Å². The summed E-state index contributed by atoms with van der Waals surface area (Å²) in [6.45, 7) is 8.24. The minimum absolute atomic E-state index is 0.178. The van der Waals surface area contributed by atoms with Gasteiger partial charge in [0.05, 0.1) is 0 Å². The van der Waals surface area contributed by atoms with Crippen LogP contribution in [0.1, 0.15) is 43.6 Å². The Morgan fingerprint density at radius 3 is 2.54 bits per heavy atom. The fourth-order valence-electron chi connectivity index (χ4n) is 5.20. The molecule has 1 amide bonds. The zero-order valence-electron chi connectivity index (χ0n) is 21.0. The first-order valence-corrected chi connectivity index (χ1v) is 13.0. The van der Waals surface area contributed by atoms with Crippen molar-refractivity contribution >= 4 is 23.4 Å². The molecule has 0 spiro atoms. The summed E-state index contributed by atoms with van der Waals surface area (Å²) in [4.78, 5) is 29.4. The molecule has 3 fully saturated rings. The van der Waals surface area contributed by atoms with Gasteiger partial charge in [0, 0.05) is 70.1 Å². The van der Waals surface area contributed by atoms with Gasteiger partial charge in [0.2, 0.25) is 0 Å². The van der Waals surface area contributed by atoms with E-state index in [1.54, 1.807) is 0 Å². The van der Waals surface area contributed by atoms with Crippen LogP contribution in [0.2, 0.25) is 0 Å². The fraction of sp³-hybridized carbons (Fsp3) is 0.680. The normalized spacial score (nSPS) is 22.4. The summed E-state index contributed by atoms with van der Waals surface area (Å²) in [6.07, 6.45) is 5.54. The highest BCUT2D eigenvalue weighted by Gasteiger charge is 2.30. The molecule has 0 aliphatic carbocycles. The van der Waals surface area contributed by atoms with Crippen molar-refractivity contribution in [3.8, 4) is 0 Å². The van der Waals surface area contributed by atoms with E-state index in [0.717, 1.165) is 107 Å². The van der Waals surface area contributed by atoms with Gasteiger partial charge in [0.15, 0.2) is 5.82 Å². The van der Waals surface area contributed by atoms with Crippen LogP contribution in [0, 0.1) is 12.8 Å². The number of anilines is 3. The van der Waals surface area contributed by atoms with E-state index in [1.807, 2.05) is 24.0 Å². The van der Waals surface area contributed by atoms with Gasteiger partial charge in [-0.05, 0) is 52.0 Å². The molecule has 3 aliphatic rings. The summed E-state index contributed by atoms with van der Waals surface area (Å²) >= 11 is 0. The van der Waals surface area contributed by atoms with Gasteiger partial charge >= 0.3 is 0 Å². The highest BCUT2D eigenvalue weighted by molar-refractivity contribution is 5.81. The number of H-pyrrole nitrogens is 1. The number of amides is 1. The van der Waals surface area contributed by atoms with E-state index in [-0.39, 0.29) is 12.0 Å². The monoisotopic (exact) mass is 482 g/mol. The van der Waals surface area contributed by atoms with Crippen molar-refractivity contribution in [2.45, 2.75) is 51.6 Å². The molecule has 1 atom stereocenters. The first kappa shape index (κ1) is 24.0. The number of hydrogen-bond donors (Lipinski definition) is 2. The quantitative estimate of drug-likeness (QED) is 0.647. The number of aryl methyl sites for hydroxylation is 1. The number of carbonyl (C=O) groups is 1. The van der Waals surface area contributed by atoms with Crippen LogP contribution >= 0.6 is 0 Å². The molecule has 10 heteroatoms. The third kappa shape index (κ3) is 6.10. The standard InChI is InChI=1S/C25H38N8O2/c1-18-15-23(30-29-18)27-22-17-24(32-12-10-31(2)11-13-32)28-21(26-22)16-19-6-8-33(9-7-19)25(34)20-5-3-4-14-35-20/h15,17,19-20H,3-14,16H2,1-2H3,(H2,26,27,28,29,30). The highest BCUT2D eigenvalue weighted by atomic mass is 16.5. The van der Waals surface area contributed by atoms with Crippen molar-refractivity contribution in [2.75, 3.05) is 63.1 Å². The lowest BCUT2D eigenvalue weighted by Crippen LogP contribution is -2.46. The Morgan fingerprint density at radius 1 is 1.06 bits per heavy atom. The molecule has 0 saturated carbocycles. The predicted octanol–water partition coefficient (Wildman–Crippen LogP) is 2.35. The maximum absolute atomic E-state index is 12.8. The SMILES string of the molecule is Cc1cc(Nc2cc(N3CCN(C)CC3)nc(CC3CCN(C(=O)C4CCCCO4)CC3)n2)n[nH]1. The van der Waals surface area contributed by atoms with Gasteiger partial charge in [0.1, 0.15) is 23.6 Å². The number of nitrogens with one attached hydrogen (secondary N) is 2.